The van der Waals surface area contributed by atoms with Crippen LogP contribution in [-0.4, -0.2) is 15.0 Å². The summed E-state index contributed by atoms with van der Waals surface area (Å²) >= 11 is 1.46. The van der Waals surface area contributed by atoms with Crippen molar-refractivity contribution in [3.05, 3.63) is 29.1 Å². The van der Waals surface area contributed by atoms with Gasteiger partial charge in [-0.3, -0.25) is 0 Å². The molecule has 3 N–H and O–H groups in total. The summed E-state index contributed by atoms with van der Waals surface area (Å²) in [5.74, 6) is 0.695. The average molecular weight is 324 g/mol. The largest absolute Gasteiger partial charge is 0.326 e. The minimum absolute atomic E-state index is 0.248. The standard InChI is InChI=1S/C15H20N2O2S2/c16-10-14-15(12-6-1-2-7-13(12)20-14)21(18,19)17-9-8-11-4-3-5-11/h1-2,6-7,11,17H,3-5,8-10,16H2. The van der Waals surface area contributed by atoms with Crippen LogP contribution in [0.15, 0.2) is 29.2 Å². The Balaban J connectivity index is 1.86. The maximum absolute atomic E-state index is 12.6. The molecule has 0 bridgehead atoms. The topological polar surface area (TPSA) is 72.2 Å². The molecule has 0 aliphatic heterocycles. The number of fused-ring (bicyclic) bond motifs is 1. The molecule has 1 heterocycles. The lowest BCUT2D eigenvalue weighted by molar-refractivity contribution is 0.297. The maximum atomic E-state index is 12.6. The predicted molar refractivity (Wildman–Crippen MR) is 86.9 cm³/mol. The Morgan fingerprint density at radius 3 is 2.71 bits per heavy atom. The Kier molecular flexibility index (Phi) is 4.31. The maximum Gasteiger partial charge on any atom is 0.242 e. The number of thiophene rings is 1. The van der Waals surface area contributed by atoms with E-state index in [1.807, 2.05) is 24.3 Å². The van der Waals surface area contributed by atoms with Crippen LogP contribution < -0.4 is 10.5 Å². The van der Waals surface area contributed by atoms with Gasteiger partial charge in [0, 0.05) is 28.1 Å². The number of rotatable bonds is 6. The zero-order valence-corrected chi connectivity index (χ0v) is 13.5. The number of hydrogen-bond acceptors (Lipinski definition) is 4. The molecule has 0 unspecified atom stereocenters. The molecule has 6 heteroatoms. The third-order valence-electron chi connectivity index (χ3n) is 4.14. The van der Waals surface area contributed by atoms with Crippen molar-refractivity contribution in [1.82, 2.24) is 4.72 Å². The van der Waals surface area contributed by atoms with E-state index in [1.54, 1.807) is 0 Å². The molecule has 3 rings (SSSR count). The van der Waals surface area contributed by atoms with Gasteiger partial charge in [-0.2, -0.15) is 0 Å². The Morgan fingerprint density at radius 2 is 2.05 bits per heavy atom. The van der Waals surface area contributed by atoms with Gasteiger partial charge in [0.2, 0.25) is 10.0 Å². The molecule has 1 aliphatic carbocycles. The lowest BCUT2D eigenvalue weighted by Crippen LogP contribution is -2.28. The van der Waals surface area contributed by atoms with Crippen LogP contribution in [0.5, 0.6) is 0 Å². The summed E-state index contributed by atoms with van der Waals surface area (Å²) in [5, 5.41) is 0.777. The van der Waals surface area contributed by atoms with Gasteiger partial charge in [-0.25, -0.2) is 13.1 Å². The summed E-state index contributed by atoms with van der Waals surface area (Å²) in [5.41, 5.74) is 5.74. The molecule has 1 fully saturated rings. The summed E-state index contributed by atoms with van der Waals surface area (Å²) in [6, 6.07) is 7.57. The number of nitrogens with one attached hydrogen (secondary N) is 1. The van der Waals surface area contributed by atoms with Crippen molar-refractivity contribution in [3.63, 3.8) is 0 Å². The van der Waals surface area contributed by atoms with Crippen molar-refractivity contribution < 1.29 is 8.42 Å². The van der Waals surface area contributed by atoms with E-state index in [-0.39, 0.29) is 6.54 Å². The van der Waals surface area contributed by atoms with Crippen molar-refractivity contribution >= 4 is 31.4 Å². The van der Waals surface area contributed by atoms with Crippen molar-refractivity contribution in [2.45, 2.75) is 37.1 Å². The molecule has 21 heavy (non-hydrogen) atoms. The molecule has 114 valence electrons. The fraction of sp³-hybridized carbons (Fsp3) is 0.467. The fourth-order valence-corrected chi connectivity index (χ4v) is 5.63. The van der Waals surface area contributed by atoms with Gasteiger partial charge in [0.15, 0.2) is 0 Å². The zero-order chi connectivity index (χ0) is 14.9. The number of benzene rings is 1. The van der Waals surface area contributed by atoms with Crippen LogP contribution in [0.1, 0.15) is 30.6 Å². The van der Waals surface area contributed by atoms with E-state index < -0.39 is 10.0 Å². The third kappa shape index (κ3) is 2.99. The lowest BCUT2D eigenvalue weighted by atomic mass is 9.83. The fourth-order valence-electron chi connectivity index (χ4n) is 2.75. The highest BCUT2D eigenvalue weighted by Crippen LogP contribution is 2.34. The van der Waals surface area contributed by atoms with Gasteiger partial charge >= 0.3 is 0 Å². The van der Waals surface area contributed by atoms with E-state index in [0.717, 1.165) is 21.4 Å². The molecule has 0 amide bonds. The van der Waals surface area contributed by atoms with Gasteiger partial charge < -0.3 is 5.73 Å². The van der Waals surface area contributed by atoms with E-state index in [1.165, 1.54) is 30.6 Å². The van der Waals surface area contributed by atoms with Gasteiger partial charge in [-0.1, -0.05) is 37.5 Å². The molecule has 4 nitrogen and oxygen atoms in total. The van der Waals surface area contributed by atoms with Crippen LogP contribution in [0.3, 0.4) is 0 Å². The minimum Gasteiger partial charge on any atom is -0.326 e. The smallest absolute Gasteiger partial charge is 0.242 e. The quantitative estimate of drug-likeness (QED) is 0.858. The highest BCUT2D eigenvalue weighted by atomic mass is 32.2. The molecule has 0 saturated heterocycles. The van der Waals surface area contributed by atoms with Gasteiger partial charge in [0.1, 0.15) is 4.90 Å². The van der Waals surface area contributed by atoms with Crippen LogP contribution in [0.4, 0.5) is 0 Å². The SMILES string of the molecule is NCc1sc2ccccc2c1S(=O)(=O)NCCC1CCC1. The van der Waals surface area contributed by atoms with Crippen molar-refractivity contribution in [2.24, 2.45) is 11.7 Å². The van der Waals surface area contributed by atoms with Crippen LogP contribution in [0, 0.1) is 5.92 Å². The Bertz CT molecular complexity index is 733. The molecule has 1 aliphatic rings. The molecule has 0 atom stereocenters. The molecule has 2 aromatic rings. The minimum atomic E-state index is -3.49. The summed E-state index contributed by atoms with van der Waals surface area (Å²) in [6.45, 7) is 0.763. The lowest BCUT2D eigenvalue weighted by Gasteiger charge is -2.25. The van der Waals surface area contributed by atoms with Crippen LogP contribution in [-0.2, 0) is 16.6 Å². The van der Waals surface area contributed by atoms with Crippen molar-refractivity contribution in [3.8, 4) is 0 Å². The zero-order valence-electron chi connectivity index (χ0n) is 11.8. The van der Waals surface area contributed by atoms with Crippen molar-refractivity contribution in [1.29, 1.82) is 0 Å². The van der Waals surface area contributed by atoms with E-state index in [2.05, 4.69) is 4.72 Å². The summed E-state index contributed by atoms with van der Waals surface area (Å²) in [6.07, 6.45) is 4.68. The average Bonchev–Trinajstić information content (AvgIpc) is 2.80. The summed E-state index contributed by atoms with van der Waals surface area (Å²) in [7, 11) is -3.49. The summed E-state index contributed by atoms with van der Waals surface area (Å²) in [4.78, 5) is 1.10. The molecular weight excluding hydrogens is 304 g/mol. The molecule has 0 radical (unpaired) electrons. The molecule has 0 spiro atoms. The van der Waals surface area contributed by atoms with E-state index >= 15 is 0 Å². The highest BCUT2D eigenvalue weighted by Gasteiger charge is 2.24. The highest BCUT2D eigenvalue weighted by molar-refractivity contribution is 7.90. The molecule has 1 saturated carbocycles. The second-order valence-corrected chi connectivity index (χ2v) is 8.38. The molecule has 1 aromatic carbocycles. The van der Waals surface area contributed by atoms with Gasteiger partial charge in [-0.15, -0.1) is 11.3 Å². The molecule has 1 aromatic heterocycles. The Morgan fingerprint density at radius 1 is 1.29 bits per heavy atom. The van der Waals surface area contributed by atoms with Crippen LogP contribution >= 0.6 is 11.3 Å². The molecular formula is C15H20N2O2S2. The van der Waals surface area contributed by atoms with E-state index in [0.29, 0.717) is 17.4 Å². The van der Waals surface area contributed by atoms with Gasteiger partial charge in [0.25, 0.3) is 0 Å². The Hall–Kier alpha value is -0.950. The van der Waals surface area contributed by atoms with E-state index in [4.69, 9.17) is 5.73 Å². The first-order chi connectivity index (χ1) is 10.1. The van der Waals surface area contributed by atoms with E-state index in [9.17, 15) is 8.42 Å². The first-order valence-electron chi connectivity index (χ1n) is 7.32. The van der Waals surface area contributed by atoms with Crippen LogP contribution in [0.25, 0.3) is 10.1 Å². The third-order valence-corrected chi connectivity index (χ3v) is 7.05. The number of sulfonamides is 1. The normalized spacial score (nSPS) is 16.2. The Labute approximate surface area is 129 Å². The van der Waals surface area contributed by atoms with Gasteiger partial charge in [-0.05, 0) is 18.4 Å². The van der Waals surface area contributed by atoms with Crippen molar-refractivity contribution in [2.75, 3.05) is 6.54 Å². The predicted octanol–water partition coefficient (Wildman–Crippen LogP) is 2.83. The summed E-state index contributed by atoms with van der Waals surface area (Å²) < 4.78 is 29.0. The first kappa shape index (κ1) is 15.0. The second kappa shape index (κ2) is 6.04. The second-order valence-electron chi connectivity index (χ2n) is 5.54. The number of hydrogen-bond donors (Lipinski definition) is 2. The first-order valence-corrected chi connectivity index (χ1v) is 9.62. The monoisotopic (exact) mass is 324 g/mol. The van der Waals surface area contributed by atoms with Crippen LogP contribution in [0.2, 0.25) is 0 Å². The van der Waals surface area contributed by atoms with Gasteiger partial charge in [0.05, 0.1) is 0 Å². The number of nitrogens with two attached hydrogens (primary N) is 1.